The standard InChI is InChI=1S/C19H22N2OS/c1-3-4-5-6-7-8-9-19-21-15(2)18(23-19)14-22-17-12-10-16(20)11-13-17/h3-5,7-8,10-13H,1,6,9,14,20H2,2H3/b5-4-,8-7-. The lowest BCUT2D eigenvalue weighted by Gasteiger charge is -2.04. The fourth-order valence-corrected chi connectivity index (χ4v) is 2.91. The third-order valence-electron chi connectivity index (χ3n) is 3.19. The van der Waals surface area contributed by atoms with E-state index in [1.54, 1.807) is 17.4 Å². The van der Waals surface area contributed by atoms with Gasteiger partial charge in [0.2, 0.25) is 0 Å². The topological polar surface area (TPSA) is 48.1 Å². The minimum absolute atomic E-state index is 0.541. The van der Waals surface area contributed by atoms with Gasteiger partial charge in [-0.05, 0) is 37.6 Å². The second kappa shape index (κ2) is 8.96. The molecule has 1 aromatic heterocycles. The Morgan fingerprint density at radius 3 is 2.74 bits per heavy atom. The third kappa shape index (κ3) is 5.75. The summed E-state index contributed by atoms with van der Waals surface area (Å²) in [6.07, 6.45) is 11.9. The van der Waals surface area contributed by atoms with Crippen LogP contribution in [-0.2, 0) is 13.0 Å². The average Bonchev–Trinajstić information content (AvgIpc) is 2.90. The maximum absolute atomic E-state index is 5.79. The number of benzene rings is 1. The molecular formula is C19H22N2OS. The Morgan fingerprint density at radius 1 is 1.22 bits per heavy atom. The maximum atomic E-state index is 5.79. The van der Waals surface area contributed by atoms with Crippen molar-refractivity contribution in [2.24, 2.45) is 0 Å². The molecule has 0 fully saturated rings. The van der Waals surface area contributed by atoms with Crippen LogP contribution in [0.2, 0.25) is 0 Å². The fourth-order valence-electron chi connectivity index (χ4n) is 1.96. The third-order valence-corrected chi connectivity index (χ3v) is 4.34. The second-order valence-electron chi connectivity index (χ2n) is 5.05. The van der Waals surface area contributed by atoms with Crippen molar-refractivity contribution in [2.45, 2.75) is 26.4 Å². The highest BCUT2D eigenvalue weighted by molar-refractivity contribution is 7.11. The number of thiazole rings is 1. The van der Waals surface area contributed by atoms with Crippen LogP contribution < -0.4 is 10.5 Å². The van der Waals surface area contributed by atoms with Crippen molar-refractivity contribution >= 4 is 17.0 Å². The van der Waals surface area contributed by atoms with Gasteiger partial charge in [-0.3, -0.25) is 0 Å². The molecule has 2 rings (SSSR count). The summed E-state index contributed by atoms with van der Waals surface area (Å²) in [6.45, 7) is 6.21. The summed E-state index contributed by atoms with van der Waals surface area (Å²) in [4.78, 5) is 5.77. The molecule has 2 N–H and O–H groups in total. The molecule has 0 aliphatic heterocycles. The molecule has 0 aliphatic carbocycles. The van der Waals surface area contributed by atoms with E-state index in [0.29, 0.717) is 6.61 Å². The van der Waals surface area contributed by atoms with Gasteiger partial charge >= 0.3 is 0 Å². The van der Waals surface area contributed by atoms with Crippen molar-refractivity contribution in [3.63, 3.8) is 0 Å². The van der Waals surface area contributed by atoms with Crippen LogP contribution in [0.3, 0.4) is 0 Å². The zero-order chi connectivity index (χ0) is 16.5. The number of aryl methyl sites for hydroxylation is 1. The van der Waals surface area contributed by atoms with Crippen LogP contribution in [0.4, 0.5) is 5.69 Å². The van der Waals surface area contributed by atoms with Crippen molar-refractivity contribution in [1.29, 1.82) is 0 Å². The Kier molecular flexibility index (Phi) is 6.63. The molecule has 0 amide bonds. The highest BCUT2D eigenvalue weighted by atomic mass is 32.1. The second-order valence-corrected chi connectivity index (χ2v) is 6.22. The minimum Gasteiger partial charge on any atom is -0.488 e. The zero-order valence-corrected chi connectivity index (χ0v) is 14.2. The van der Waals surface area contributed by atoms with Gasteiger partial charge in [0.05, 0.1) is 15.6 Å². The van der Waals surface area contributed by atoms with E-state index in [1.807, 2.05) is 37.3 Å². The Bertz CT molecular complexity index is 684. The molecule has 0 aliphatic rings. The van der Waals surface area contributed by atoms with Crippen LogP contribution >= 0.6 is 11.3 Å². The van der Waals surface area contributed by atoms with Gasteiger partial charge in [-0.25, -0.2) is 4.98 Å². The zero-order valence-electron chi connectivity index (χ0n) is 13.4. The summed E-state index contributed by atoms with van der Waals surface area (Å²) in [6, 6.07) is 7.44. The number of nitrogens with zero attached hydrogens (tertiary/aromatic N) is 1. The lowest BCUT2D eigenvalue weighted by molar-refractivity contribution is 0.309. The van der Waals surface area contributed by atoms with E-state index in [-0.39, 0.29) is 0 Å². The molecule has 4 heteroatoms. The van der Waals surface area contributed by atoms with Gasteiger partial charge in [-0.15, -0.1) is 11.3 Å². The lowest BCUT2D eigenvalue weighted by atomic mass is 10.3. The van der Waals surface area contributed by atoms with E-state index in [4.69, 9.17) is 10.5 Å². The van der Waals surface area contributed by atoms with Crippen molar-refractivity contribution in [3.8, 4) is 5.75 Å². The maximum Gasteiger partial charge on any atom is 0.124 e. The smallest absolute Gasteiger partial charge is 0.124 e. The van der Waals surface area contributed by atoms with E-state index >= 15 is 0 Å². The molecule has 0 saturated carbocycles. The normalized spacial score (nSPS) is 11.3. The summed E-state index contributed by atoms with van der Waals surface area (Å²) in [7, 11) is 0. The van der Waals surface area contributed by atoms with Gasteiger partial charge in [-0.2, -0.15) is 0 Å². The molecular weight excluding hydrogens is 304 g/mol. The molecule has 1 heterocycles. The van der Waals surface area contributed by atoms with Gasteiger partial charge in [0.1, 0.15) is 12.4 Å². The molecule has 3 nitrogen and oxygen atoms in total. The molecule has 0 spiro atoms. The molecule has 0 unspecified atom stereocenters. The van der Waals surface area contributed by atoms with Gasteiger partial charge < -0.3 is 10.5 Å². The van der Waals surface area contributed by atoms with E-state index in [9.17, 15) is 0 Å². The number of nitrogen functional groups attached to an aromatic ring is 1. The number of ether oxygens (including phenoxy) is 1. The summed E-state index contributed by atoms with van der Waals surface area (Å²) < 4.78 is 5.79. The quantitative estimate of drug-likeness (QED) is 0.429. The van der Waals surface area contributed by atoms with Crippen LogP contribution in [0.1, 0.15) is 22.0 Å². The highest BCUT2D eigenvalue weighted by Gasteiger charge is 2.07. The van der Waals surface area contributed by atoms with Crippen LogP contribution in [-0.4, -0.2) is 4.98 Å². The van der Waals surface area contributed by atoms with Crippen LogP contribution in [0.5, 0.6) is 5.75 Å². The highest BCUT2D eigenvalue weighted by Crippen LogP contribution is 2.22. The van der Waals surface area contributed by atoms with Crippen molar-refractivity contribution < 1.29 is 4.74 Å². The number of anilines is 1. The SMILES string of the molecule is C=C/C=C\C/C=C\Cc1nc(C)c(COc2ccc(N)cc2)s1. The number of allylic oxidation sites excluding steroid dienone is 5. The molecule has 0 atom stereocenters. The number of rotatable bonds is 8. The molecule has 23 heavy (non-hydrogen) atoms. The van der Waals surface area contributed by atoms with E-state index in [0.717, 1.165) is 39.9 Å². The predicted octanol–water partition coefficient (Wildman–Crippen LogP) is 4.84. The van der Waals surface area contributed by atoms with Crippen molar-refractivity contribution in [1.82, 2.24) is 4.98 Å². The Morgan fingerprint density at radius 2 is 2.00 bits per heavy atom. The first-order valence-electron chi connectivity index (χ1n) is 7.55. The molecule has 120 valence electrons. The number of nitrogens with two attached hydrogens (primary N) is 1. The van der Waals surface area contributed by atoms with Crippen LogP contribution in [0.15, 0.2) is 61.2 Å². The first-order valence-corrected chi connectivity index (χ1v) is 8.36. The first kappa shape index (κ1) is 17.0. The summed E-state index contributed by atoms with van der Waals surface area (Å²) in [5.41, 5.74) is 7.45. The lowest BCUT2D eigenvalue weighted by Crippen LogP contribution is -1.95. The fraction of sp³-hybridized carbons (Fsp3) is 0.211. The summed E-state index contributed by atoms with van der Waals surface area (Å²) >= 11 is 1.70. The Balaban J connectivity index is 1.86. The molecule has 1 aromatic carbocycles. The van der Waals surface area contributed by atoms with Crippen LogP contribution in [0, 0.1) is 6.92 Å². The summed E-state index contributed by atoms with van der Waals surface area (Å²) in [5, 5.41) is 1.11. The number of hydrogen-bond donors (Lipinski definition) is 1. The van der Waals surface area contributed by atoms with Gasteiger partial charge in [0.15, 0.2) is 0 Å². The average molecular weight is 326 g/mol. The van der Waals surface area contributed by atoms with E-state index < -0.39 is 0 Å². The first-order chi connectivity index (χ1) is 11.2. The van der Waals surface area contributed by atoms with Gasteiger partial charge in [0, 0.05) is 12.1 Å². The number of aromatic nitrogens is 1. The minimum atomic E-state index is 0.541. The molecule has 0 bridgehead atoms. The Hall–Kier alpha value is -2.33. The van der Waals surface area contributed by atoms with Gasteiger partial charge in [-0.1, -0.05) is 37.0 Å². The van der Waals surface area contributed by atoms with Crippen molar-refractivity contribution in [3.05, 3.63) is 76.8 Å². The van der Waals surface area contributed by atoms with Gasteiger partial charge in [0.25, 0.3) is 0 Å². The predicted molar refractivity (Wildman–Crippen MR) is 98.8 cm³/mol. The Labute approximate surface area is 141 Å². The number of hydrogen-bond acceptors (Lipinski definition) is 4. The van der Waals surface area contributed by atoms with Crippen molar-refractivity contribution in [2.75, 3.05) is 5.73 Å². The molecule has 2 aromatic rings. The largest absolute Gasteiger partial charge is 0.488 e. The van der Waals surface area contributed by atoms with Crippen LogP contribution in [0.25, 0.3) is 0 Å². The molecule has 0 radical (unpaired) electrons. The molecule has 0 saturated heterocycles. The summed E-state index contributed by atoms with van der Waals surface area (Å²) in [5.74, 6) is 0.822. The van der Waals surface area contributed by atoms with E-state index in [1.165, 1.54) is 0 Å². The van der Waals surface area contributed by atoms with E-state index in [2.05, 4.69) is 29.8 Å². The monoisotopic (exact) mass is 326 g/mol.